The number of likely N-dealkylation sites (tertiary alicyclic amines) is 1. The summed E-state index contributed by atoms with van der Waals surface area (Å²) in [5.41, 5.74) is 0. The number of alkyl halides is 1. The minimum atomic E-state index is -0.194. The maximum atomic E-state index is 9.32. The van der Waals surface area contributed by atoms with Crippen molar-refractivity contribution in [1.82, 2.24) is 4.90 Å². The van der Waals surface area contributed by atoms with Gasteiger partial charge in [0, 0.05) is 18.4 Å². The van der Waals surface area contributed by atoms with Crippen molar-refractivity contribution >= 4 is 15.9 Å². The van der Waals surface area contributed by atoms with Crippen LogP contribution in [0.4, 0.5) is 0 Å². The fraction of sp³-hybridized carbons (Fsp3) is 1.00. The van der Waals surface area contributed by atoms with Crippen molar-refractivity contribution in [1.29, 1.82) is 0 Å². The lowest BCUT2D eigenvalue weighted by molar-refractivity contribution is 0.144. The summed E-state index contributed by atoms with van der Waals surface area (Å²) in [6.07, 6.45) is 1.09. The monoisotopic (exact) mass is 221 g/mol. The predicted octanol–water partition coefficient (Wildman–Crippen LogP) is 1.08. The molecule has 3 heteroatoms. The van der Waals surface area contributed by atoms with E-state index in [-0.39, 0.29) is 6.10 Å². The van der Waals surface area contributed by atoms with Crippen LogP contribution in [-0.4, -0.2) is 41.1 Å². The highest BCUT2D eigenvalue weighted by molar-refractivity contribution is 9.09. The molecule has 0 radical (unpaired) electrons. The Morgan fingerprint density at radius 3 is 2.91 bits per heavy atom. The number of nitrogens with zero attached hydrogens (tertiary/aromatic N) is 1. The third-order valence-electron chi connectivity index (χ3n) is 2.16. The van der Waals surface area contributed by atoms with Crippen LogP contribution in [0.2, 0.25) is 0 Å². The number of rotatable bonds is 3. The molecule has 11 heavy (non-hydrogen) atoms. The van der Waals surface area contributed by atoms with E-state index in [0.29, 0.717) is 5.33 Å². The zero-order valence-electron chi connectivity index (χ0n) is 6.96. The summed E-state index contributed by atoms with van der Waals surface area (Å²) in [5, 5.41) is 10.0. The molecule has 1 fully saturated rings. The summed E-state index contributed by atoms with van der Waals surface area (Å²) < 4.78 is 0. The first kappa shape index (κ1) is 9.49. The van der Waals surface area contributed by atoms with Crippen molar-refractivity contribution in [3.8, 4) is 0 Å². The highest BCUT2D eigenvalue weighted by atomic mass is 79.9. The van der Waals surface area contributed by atoms with Crippen molar-refractivity contribution in [2.45, 2.75) is 19.4 Å². The topological polar surface area (TPSA) is 23.5 Å². The average Bonchev–Trinajstić information content (AvgIpc) is 2.35. The van der Waals surface area contributed by atoms with E-state index in [4.69, 9.17) is 0 Å². The molecule has 0 aliphatic carbocycles. The Morgan fingerprint density at radius 2 is 2.45 bits per heavy atom. The van der Waals surface area contributed by atoms with Crippen LogP contribution < -0.4 is 0 Å². The molecule has 1 aliphatic heterocycles. The molecule has 1 N–H and O–H groups in total. The Hall–Kier alpha value is 0.400. The van der Waals surface area contributed by atoms with Crippen molar-refractivity contribution in [3.63, 3.8) is 0 Å². The second kappa shape index (κ2) is 4.43. The van der Waals surface area contributed by atoms with Crippen molar-refractivity contribution in [2.24, 2.45) is 5.92 Å². The molecule has 0 amide bonds. The lowest BCUT2D eigenvalue weighted by Gasteiger charge is -2.17. The largest absolute Gasteiger partial charge is 0.391 e. The molecule has 2 atom stereocenters. The van der Waals surface area contributed by atoms with Crippen LogP contribution in [0.5, 0.6) is 0 Å². The molecular formula is C8H16BrNO. The van der Waals surface area contributed by atoms with Crippen LogP contribution in [0.1, 0.15) is 13.3 Å². The predicted molar refractivity (Wildman–Crippen MR) is 50.0 cm³/mol. The molecule has 1 saturated heterocycles. The number of hydrogen-bond donors (Lipinski definition) is 1. The van der Waals surface area contributed by atoms with Gasteiger partial charge in [0.15, 0.2) is 0 Å². The second-order valence-corrected chi connectivity index (χ2v) is 4.11. The summed E-state index contributed by atoms with van der Waals surface area (Å²) in [7, 11) is 0. The first-order valence-corrected chi connectivity index (χ1v) is 5.31. The third-order valence-corrected chi connectivity index (χ3v) is 2.90. The highest BCUT2D eigenvalue weighted by Crippen LogP contribution is 2.15. The Kier molecular flexibility index (Phi) is 3.82. The smallest absolute Gasteiger partial charge is 0.0763 e. The molecule has 1 heterocycles. The van der Waals surface area contributed by atoms with E-state index in [0.717, 1.165) is 25.6 Å². The first-order valence-electron chi connectivity index (χ1n) is 4.18. The molecule has 2 nitrogen and oxygen atoms in total. The highest BCUT2D eigenvalue weighted by Gasteiger charge is 2.19. The number of hydrogen-bond acceptors (Lipinski definition) is 2. The Labute approximate surface area is 76.7 Å². The van der Waals surface area contributed by atoms with Gasteiger partial charge in [0.25, 0.3) is 0 Å². The number of β-amino-alcohol motifs (C(OH)–C–C–N with tert-alkyl or cyclic N) is 1. The Bertz CT molecular complexity index is 121. The van der Waals surface area contributed by atoms with Gasteiger partial charge in [0.1, 0.15) is 0 Å². The van der Waals surface area contributed by atoms with Gasteiger partial charge >= 0.3 is 0 Å². The van der Waals surface area contributed by atoms with E-state index >= 15 is 0 Å². The van der Waals surface area contributed by atoms with E-state index < -0.39 is 0 Å². The van der Waals surface area contributed by atoms with Gasteiger partial charge < -0.3 is 10.0 Å². The molecule has 0 aromatic carbocycles. The lowest BCUT2D eigenvalue weighted by atomic mass is 10.2. The van der Waals surface area contributed by atoms with Crippen LogP contribution in [0.25, 0.3) is 0 Å². The molecule has 0 saturated carbocycles. The molecule has 66 valence electrons. The van der Waals surface area contributed by atoms with E-state index in [1.54, 1.807) is 0 Å². The molecule has 1 rings (SSSR count). The van der Waals surface area contributed by atoms with E-state index in [1.165, 1.54) is 6.42 Å². The number of halogens is 1. The second-order valence-electron chi connectivity index (χ2n) is 3.46. The van der Waals surface area contributed by atoms with Crippen LogP contribution >= 0.6 is 15.9 Å². The minimum Gasteiger partial charge on any atom is -0.391 e. The number of aliphatic hydroxyl groups is 1. The average molecular weight is 222 g/mol. The summed E-state index contributed by atoms with van der Waals surface area (Å²) >= 11 is 3.26. The summed E-state index contributed by atoms with van der Waals surface area (Å²) in [6.45, 7) is 5.41. The molecule has 2 unspecified atom stereocenters. The van der Waals surface area contributed by atoms with Crippen LogP contribution in [0.15, 0.2) is 0 Å². The van der Waals surface area contributed by atoms with Crippen molar-refractivity contribution < 1.29 is 5.11 Å². The van der Waals surface area contributed by atoms with E-state index in [9.17, 15) is 5.11 Å². The van der Waals surface area contributed by atoms with E-state index in [1.807, 2.05) is 0 Å². The lowest BCUT2D eigenvalue weighted by Crippen LogP contribution is -2.31. The maximum Gasteiger partial charge on any atom is 0.0763 e. The standard InChI is InChI=1S/C8H16BrNO/c1-7-2-3-10(5-7)6-8(11)4-9/h7-8,11H,2-6H2,1H3. The van der Waals surface area contributed by atoms with Gasteiger partial charge in [-0.05, 0) is 18.9 Å². The van der Waals surface area contributed by atoms with Gasteiger partial charge in [-0.3, -0.25) is 0 Å². The summed E-state index contributed by atoms with van der Waals surface area (Å²) in [5.74, 6) is 0.817. The molecule has 0 bridgehead atoms. The first-order chi connectivity index (χ1) is 5.22. The quantitative estimate of drug-likeness (QED) is 0.722. The fourth-order valence-corrected chi connectivity index (χ4v) is 1.74. The Balaban J connectivity index is 2.17. The van der Waals surface area contributed by atoms with Crippen molar-refractivity contribution in [2.75, 3.05) is 25.0 Å². The minimum absolute atomic E-state index is 0.194. The van der Waals surface area contributed by atoms with Gasteiger partial charge in [0.05, 0.1) is 6.10 Å². The van der Waals surface area contributed by atoms with Gasteiger partial charge in [-0.15, -0.1) is 0 Å². The van der Waals surface area contributed by atoms with E-state index in [2.05, 4.69) is 27.8 Å². The van der Waals surface area contributed by atoms with Crippen LogP contribution in [0, 0.1) is 5.92 Å². The summed E-state index contributed by atoms with van der Waals surface area (Å²) in [4.78, 5) is 2.33. The Morgan fingerprint density at radius 1 is 1.73 bits per heavy atom. The van der Waals surface area contributed by atoms with Gasteiger partial charge in [-0.1, -0.05) is 22.9 Å². The van der Waals surface area contributed by atoms with Gasteiger partial charge in [-0.2, -0.15) is 0 Å². The maximum absolute atomic E-state index is 9.32. The number of aliphatic hydroxyl groups excluding tert-OH is 1. The molecule has 0 aromatic rings. The third kappa shape index (κ3) is 3.09. The summed E-state index contributed by atoms with van der Waals surface area (Å²) in [6, 6.07) is 0. The van der Waals surface area contributed by atoms with Gasteiger partial charge in [0.2, 0.25) is 0 Å². The molecule has 0 aromatic heterocycles. The zero-order valence-corrected chi connectivity index (χ0v) is 8.55. The van der Waals surface area contributed by atoms with Crippen LogP contribution in [-0.2, 0) is 0 Å². The van der Waals surface area contributed by atoms with Crippen molar-refractivity contribution in [3.05, 3.63) is 0 Å². The SMILES string of the molecule is CC1CCN(CC(O)CBr)C1. The molecular weight excluding hydrogens is 206 g/mol. The molecule has 0 spiro atoms. The molecule has 1 aliphatic rings. The fourth-order valence-electron chi connectivity index (χ4n) is 1.54. The zero-order chi connectivity index (χ0) is 8.27. The van der Waals surface area contributed by atoms with Gasteiger partial charge in [-0.25, -0.2) is 0 Å². The normalized spacial score (nSPS) is 29.2. The van der Waals surface area contributed by atoms with Crippen LogP contribution in [0.3, 0.4) is 0 Å².